The molecule has 0 saturated carbocycles. The Bertz CT molecular complexity index is 708. The van der Waals surface area contributed by atoms with Crippen molar-refractivity contribution in [2.75, 3.05) is 31.4 Å². The number of hydrogen-bond donors (Lipinski definition) is 2. The maximum absolute atomic E-state index is 12.4. The number of hydrogen-bond acceptors (Lipinski definition) is 4. The zero-order chi connectivity index (χ0) is 17.5. The predicted molar refractivity (Wildman–Crippen MR) is 107 cm³/mol. The Balaban J connectivity index is 0.00000312. The van der Waals surface area contributed by atoms with Gasteiger partial charge >= 0.3 is 0 Å². The molecule has 0 saturated heterocycles. The van der Waals surface area contributed by atoms with E-state index in [0.29, 0.717) is 30.2 Å². The van der Waals surface area contributed by atoms with Gasteiger partial charge in [-0.05, 0) is 48.9 Å². The summed E-state index contributed by atoms with van der Waals surface area (Å²) in [6, 6.07) is 10.7. The van der Waals surface area contributed by atoms with E-state index in [1.165, 1.54) is 0 Å². The smallest absolute Gasteiger partial charge is 0.255 e. The molecule has 0 heterocycles. The van der Waals surface area contributed by atoms with Crippen LogP contribution in [0.2, 0.25) is 0 Å². The molecule has 0 aliphatic rings. The molecule has 0 unspecified atom stereocenters. The number of rotatable bonds is 7. The van der Waals surface area contributed by atoms with Crippen molar-refractivity contribution in [2.45, 2.75) is 13.3 Å². The Morgan fingerprint density at radius 1 is 1.20 bits per heavy atom. The van der Waals surface area contributed by atoms with Gasteiger partial charge in [0.25, 0.3) is 5.91 Å². The van der Waals surface area contributed by atoms with Crippen LogP contribution < -0.4 is 15.8 Å². The molecule has 5 nitrogen and oxygen atoms in total. The molecule has 0 aliphatic carbocycles. The number of nitrogens with one attached hydrogen (secondary N) is 1. The molecule has 0 atom stereocenters. The monoisotopic (exact) mass is 428 g/mol. The normalized spacial score (nSPS) is 10.0. The van der Waals surface area contributed by atoms with Crippen LogP contribution >= 0.6 is 28.3 Å². The van der Waals surface area contributed by atoms with Gasteiger partial charge in [-0.2, -0.15) is 0 Å². The Labute approximate surface area is 162 Å². The van der Waals surface area contributed by atoms with E-state index < -0.39 is 0 Å². The largest absolute Gasteiger partial charge is 0.494 e. The minimum atomic E-state index is -0.217. The van der Waals surface area contributed by atoms with E-state index in [1.807, 2.05) is 13.0 Å². The van der Waals surface area contributed by atoms with Crippen LogP contribution in [0.1, 0.15) is 22.3 Å². The first-order chi connectivity index (χ1) is 11.5. The van der Waals surface area contributed by atoms with Crippen LogP contribution in [-0.2, 0) is 4.74 Å². The van der Waals surface area contributed by atoms with Crippen molar-refractivity contribution in [3.05, 3.63) is 52.0 Å². The number of amides is 1. The summed E-state index contributed by atoms with van der Waals surface area (Å²) in [5, 5.41) is 2.84. The van der Waals surface area contributed by atoms with E-state index in [1.54, 1.807) is 37.4 Å². The first kappa shape index (κ1) is 21.3. The number of methoxy groups -OCH3 is 1. The van der Waals surface area contributed by atoms with E-state index >= 15 is 0 Å². The lowest BCUT2D eigenvalue weighted by Gasteiger charge is -2.12. The van der Waals surface area contributed by atoms with Gasteiger partial charge in [0.1, 0.15) is 5.75 Å². The van der Waals surface area contributed by atoms with Crippen LogP contribution in [0, 0.1) is 6.92 Å². The fourth-order valence-corrected chi connectivity index (χ4v) is 2.72. The highest BCUT2D eigenvalue weighted by molar-refractivity contribution is 9.10. The first-order valence-corrected chi connectivity index (χ1v) is 8.39. The molecule has 0 radical (unpaired) electrons. The highest BCUT2D eigenvalue weighted by Gasteiger charge is 2.10. The standard InChI is InChI=1S/C18H21BrN2O3.ClH/c1-12-10-14(19)11-16(17(12)20)21-18(22)13-4-6-15(7-5-13)24-9-3-8-23-2;/h4-7,10-11H,3,8-9,20H2,1-2H3,(H,21,22);1H. The van der Waals surface area contributed by atoms with Crippen molar-refractivity contribution in [1.29, 1.82) is 0 Å². The fourth-order valence-electron chi connectivity index (χ4n) is 2.15. The molecule has 2 rings (SSSR count). The first-order valence-electron chi connectivity index (χ1n) is 7.60. The highest BCUT2D eigenvalue weighted by atomic mass is 79.9. The zero-order valence-electron chi connectivity index (χ0n) is 14.2. The van der Waals surface area contributed by atoms with Crippen LogP contribution in [0.25, 0.3) is 0 Å². The average Bonchev–Trinajstić information content (AvgIpc) is 2.56. The van der Waals surface area contributed by atoms with Crippen molar-refractivity contribution in [3.8, 4) is 5.75 Å². The van der Waals surface area contributed by atoms with Crippen LogP contribution in [0.3, 0.4) is 0 Å². The molecule has 0 fully saturated rings. The summed E-state index contributed by atoms with van der Waals surface area (Å²) in [7, 11) is 1.66. The topological polar surface area (TPSA) is 73.6 Å². The molecule has 136 valence electrons. The maximum atomic E-state index is 12.4. The van der Waals surface area contributed by atoms with E-state index in [9.17, 15) is 4.79 Å². The number of carbonyl (C=O) groups is 1. The lowest BCUT2D eigenvalue weighted by molar-refractivity contribution is 0.102. The van der Waals surface area contributed by atoms with Crippen molar-refractivity contribution in [2.24, 2.45) is 0 Å². The number of nitrogens with two attached hydrogens (primary N) is 1. The third-order valence-electron chi connectivity index (χ3n) is 3.48. The predicted octanol–water partition coefficient (Wildman–Crippen LogP) is 4.43. The van der Waals surface area contributed by atoms with E-state index in [2.05, 4.69) is 21.2 Å². The summed E-state index contributed by atoms with van der Waals surface area (Å²) in [6.07, 6.45) is 0.820. The average molecular weight is 430 g/mol. The number of nitrogen functional groups attached to an aromatic ring is 1. The summed E-state index contributed by atoms with van der Waals surface area (Å²) in [5.41, 5.74) is 8.61. The van der Waals surface area contributed by atoms with Crippen LogP contribution in [0.5, 0.6) is 5.75 Å². The van der Waals surface area contributed by atoms with Crippen LogP contribution in [0.4, 0.5) is 11.4 Å². The molecule has 0 bridgehead atoms. The molecule has 7 heteroatoms. The van der Waals surface area contributed by atoms with Gasteiger partial charge in [0, 0.05) is 30.2 Å². The molecule has 3 N–H and O–H groups in total. The maximum Gasteiger partial charge on any atom is 0.255 e. The van der Waals surface area contributed by atoms with Crippen molar-refractivity contribution >= 4 is 45.6 Å². The van der Waals surface area contributed by atoms with Crippen LogP contribution in [-0.4, -0.2) is 26.2 Å². The van der Waals surface area contributed by atoms with Gasteiger partial charge in [-0.25, -0.2) is 0 Å². The number of halogens is 2. The zero-order valence-corrected chi connectivity index (χ0v) is 16.6. The third kappa shape index (κ3) is 6.23. The minimum Gasteiger partial charge on any atom is -0.494 e. The van der Waals surface area contributed by atoms with Gasteiger partial charge in [0.2, 0.25) is 0 Å². The second-order valence-corrected chi connectivity index (χ2v) is 6.27. The molecule has 2 aromatic carbocycles. The molecule has 1 amide bonds. The quantitative estimate of drug-likeness (QED) is 0.504. The molecular weight excluding hydrogens is 408 g/mol. The lowest BCUT2D eigenvalue weighted by atomic mass is 10.1. The van der Waals surface area contributed by atoms with Crippen molar-refractivity contribution < 1.29 is 14.3 Å². The summed E-state index contributed by atoms with van der Waals surface area (Å²) in [6.45, 7) is 3.13. The van der Waals surface area contributed by atoms with Gasteiger partial charge < -0.3 is 20.5 Å². The van der Waals surface area contributed by atoms with Gasteiger partial charge in [0.15, 0.2) is 0 Å². The van der Waals surface area contributed by atoms with Gasteiger partial charge in [-0.3, -0.25) is 4.79 Å². The Morgan fingerprint density at radius 2 is 1.88 bits per heavy atom. The molecule has 2 aromatic rings. The van der Waals surface area contributed by atoms with E-state index in [4.69, 9.17) is 15.2 Å². The van der Waals surface area contributed by atoms with Gasteiger partial charge in [-0.15, -0.1) is 12.4 Å². The van der Waals surface area contributed by atoms with Gasteiger partial charge in [0.05, 0.1) is 18.0 Å². The molecule has 25 heavy (non-hydrogen) atoms. The third-order valence-corrected chi connectivity index (χ3v) is 3.94. The van der Waals surface area contributed by atoms with E-state index in [-0.39, 0.29) is 18.3 Å². The fraction of sp³-hybridized carbons (Fsp3) is 0.278. The van der Waals surface area contributed by atoms with Crippen LogP contribution in [0.15, 0.2) is 40.9 Å². The van der Waals surface area contributed by atoms with Gasteiger partial charge in [-0.1, -0.05) is 15.9 Å². The van der Waals surface area contributed by atoms with Crippen molar-refractivity contribution in [3.63, 3.8) is 0 Å². The number of carbonyl (C=O) groups excluding carboxylic acids is 1. The number of aryl methyl sites for hydroxylation is 1. The SMILES string of the molecule is COCCCOc1ccc(C(=O)Nc2cc(Br)cc(C)c2N)cc1.Cl. The van der Waals surface area contributed by atoms with Crippen molar-refractivity contribution in [1.82, 2.24) is 0 Å². The number of anilines is 2. The highest BCUT2D eigenvalue weighted by Crippen LogP contribution is 2.28. The summed E-state index contributed by atoms with van der Waals surface area (Å²) in [4.78, 5) is 12.4. The lowest BCUT2D eigenvalue weighted by Crippen LogP contribution is -2.13. The molecule has 0 spiro atoms. The molecule has 0 aliphatic heterocycles. The Hall–Kier alpha value is -1.76. The second-order valence-electron chi connectivity index (χ2n) is 5.36. The molecule has 0 aromatic heterocycles. The Kier molecular flexibility index (Phi) is 8.75. The summed E-state index contributed by atoms with van der Waals surface area (Å²) >= 11 is 3.41. The van der Waals surface area contributed by atoms with E-state index in [0.717, 1.165) is 22.2 Å². The summed E-state index contributed by atoms with van der Waals surface area (Å²) < 4.78 is 11.4. The molecular formula is C18H22BrClN2O3. The Morgan fingerprint density at radius 3 is 2.52 bits per heavy atom. The summed E-state index contributed by atoms with van der Waals surface area (Å²) in [5.74, 6) is 0.505. The number of ether oxygens (including phenoxy) is 2. The second kappa shape index (κ2) is 10.3. The minimum absolute atomic E-state index is 0. The number of benzene rings is 2.